The molecule has 360 valence electrons. The van der Waals surface area contributed by atoms with Crippen molar-refractivity contribution in [1.29, 1.82) is 0 Å². The zero-order valence-corrected chi connectivity index (χ0v) is 42.3. The Balaban J connectivity index is 1.03. The molecule has 0 bridgehead atoms. The summed E-state index contributed by atoms with van der Waals surface area (Å²) in [6.45, 7) is -0.0952. The van der Waals surface area contributed by atoms with Crippen LogP contribution >= 0.6 is 0 Å². The minimum absolute atomic E-state index is 0.0186. The Labute approximate surface area is 449 Å². The molecule has 0 aliphatic carbocycles. The molecule has 2 aliphatic heterocycles. The van der Waals surface area contributed by atoms with Crippen molar-refractivity contribution < 1.29 is 0 Å². The molecule has 0 unspecified atom stereocenters. The standard InChI is InChI=1S/C73H50BN3/c1-6-22-50(23-7-1)55-32-18-35-59(46-55)75-65-39-17-16-38-62(65)71-66(75)45-44-64-73(71)77(61-37-20-34-57(48-61)52-26-10-3-11-27-52)68-41-21-40-67-72(68)74(64)63-43-42-58(70(53-28-12-4-13-29-53)54-30-14-5-15-31-54)49-69(63)76(67)60-36-19-33-56(47-60)51-24-8-2-9-25-51/h1-49,70H. The molecule has 3 nitrogen and oxygen atoms in total. The highest BCUT2D eigenvalue weighted by Crippen LogP contribution is 2.49. The highest BCUT2D eigenvalue weighted by atomic mass is 15.2. The Kier molecular flexibility index (Phi) is 10.7. The normalized spacial score (nSPS) is 12.5. The highest BCUT2D eigenvalue weighted by Gasteiger charge is 2.44. The molecule has 12 aromatic carbocycles. The summed E-state index contributed by atoms with van der Waals surface area (Å²) in [5, 5.41) is 2.45. The van der Waals surface area contributed by atoms with Gasteiger partial charge in [0, 0.05) is 50.8 Å². The van der Waals surface area contributed by atoms with Crippen LogP contribution in [0.4, 0.5) is 34.1 Å². The van der Waals surface area contributed by atoms with Gasteiger partial charge in [0.05, 0.1) is 16.7 Å². The van der Waals surface area contributed by atoms with Crippen LogP contribution < -0.4 is 26.2 Å². The molecule has 15 rings (SSSR count). The smallest absolute Gasteiger partial charge is 0.252 e. The molecule has 2 aliphatic rings. The lowest BCUT2D eigenvalue weighted by atomic mass is 9.33. The summed E-state index contributed by atoms with van der Waals surface area (Å²) in [6, 6.07) is 110. The van der Waals surface area contributed by atoms with Crippen LogP contribution in [0.1, 0.15) is 22.6 Å². The summed E-state index contributed by atoms with van der Waals surface area (Å²) in [7, 11) is 0. The van der Waals surface area contributed by atoms with Crippen molar-refractivity contribution in [2.45, 2.75) is 5.92 Å². The van der Waals surface area contributed by atoms with Crippen LogP contribution in [-0.4, -0.2) is 11.3 Å². The lowest BCUT2D eigenvalue weighted by Gasteiger charge is -2.44. The van der Waals surface area contributed by atoms with E-state index in [2.05, 4.69) is 312 Å². The average molecular weight is 980 g/mol. The van der Waals surface area contributed by atoms with Crippen LogP contribution in [0.5, 0.6) is 0 Å². The van der Waals surface area contributed by atoms with Gasteiger partial charge in [-0.1, -0.05) is 231 Å². The molecule has 0 saturated heterocycles. The first kappa shape index (κ1) is 44.6. The highest BCUT2D eigenvalue weighted by molar-refractivity contribution is 7.00. The van der Waals surface area contributed by atoms with E-state index in [-0.39, 0.29) is 12.6 Å². The van der Waals surface area contributed by atoms with E-state index in [4.69, 9.17) is 0 Å². The minimum Gasteiger partial charge on any atom is -0.311 e. The number of hydrogen-bond acceptors (Lipinski definition) is 2. The van der Waals surface area contributed by atoms with Gasteiger partial charge >= 0.3 is 0 Å². The predicted octanol–water partition coefficient (Wildman–Crippen LogP) is 17.0. The fraction of sp³-hybridized carbons (Fsp3) is 0.0137. The number of aromatic nitrogens is 1. The Hall–Kier alpha value is -9.90. The van der Waals surface area contributed by atoms with Crippen molar-refractivity contribution in [3.63, 3.8) is 0 Å². The Morgan fingerprint density at radius 1 is 0.286 bits per heavy atom. The molecule has 0 atom stereocenters. The zero-order chi connectivity index (χ0) is 50.8. The second kappa shape index (κ2) is 18.5. The molecule has 0 saturated carbocycles. The number of benzene rings is 12. The molecular weight excluding hydrogens is 930 g/mol. The Morgan fingerprint density at radius 3 is 1.32 bits per heavy atom. The number of nitrogens with zero attached hydrogens (tertiary/aromatic N) is 3. The van der Waals surface area contributed by atoms with Crippen molar-refractivity contribution in [2.75, 3.05) is 9.80 Å². The second-order valence-corrected chi connectivity index (χ2v) is 20.4. The van der Waals surface area contributed by atoms with Crippen LogP contribution in [0.25, 0.3) is 60.9 Å². The van der Waals surface area contributed by atoms with Crippen LogP contribution in [0.3, 0.4) is 0 Å². The minimum atomic E-state index is -0.0952. The van der Waals surface area contributed by atoms with Gasteiger partial charge < -0.3 is 14.4 Å². The maximum atomic E-state index is 2.59. The Morgan fingerprint density at radius 2 is 0.740 bits per heavy atom. The van der Waals surface area contributed by atoms with Crippen molar-refractivity contribution in [3.8, 4) is 39.1 Å². The molecule has 3 heterocycles. The number of fused-ring (bicyclic) bond motifs is 8. The van der Waals surface area contributed by atoms with Crippen LogP contribution in [-0.2, 0) is 0 Å². The van der Waals surface area contributed by atoms with Gasteiger partial charge in [-0.2, -0.15) is 0 Å². The number of anilines is 6. The molecule has 0 spiro atoms. The van der Waals surface area contributed by atoms with Crippen molar-refractivity contribution in [3.05, 3.63) is 314 Å². The van der Waals surface area contributed by atoms with Gasteiger partial charge in [0.15, 0.2) is 0 Å². The molecule has 0 N–H and O–H groups in total. The largest absolute Gasteiger partial charge is 0.311 e. The monoisotopic (exact) mass is 979 g/mol. The molecular formula is C73H50BN3. The van der Waals surface area contributed by atoms with E-state index >= 15 is 0 Å². The number of para-hydroxylation sites is 1. The summed E-state index contributed by atoms with van der Waals surface area (Å²) < 4.78 is 2.48. The number of rotatable bonds is 9. The number of hydrogen-bond donors (Lipinski definition) is 0. The van der Waals surface area contributed by atoms with E-state index in [1.54, 1.807) is 0 Å². The van der Waals surface area contributed by atoms with E-state index in [1.165, 1.54) is 111 Å². The second-order valence-electron chi connectivity index (χ2n) is 20.4. The zero-order valence-electron chi connectivity index (χ0n) is 42.3. The summed E-state index contributed by atoms with van der Waals surface area (Å²) in [4.78, 5) is 5.15. The first-order chi connectivity index (χ1) is 38.2. The molecule has 0 amide bonds. The van der Waals surface area contributed by atoms with Gasteiger partial charge in [0.2, 0.25) is 0 Å². The van der Waals surface area contributed by atoms with Gasteiger partial charge in [-0.15, -0.1) is 0 Å². The maximum absolute atomic E-state index is 2.59. The maximum Gasteiger partial charge on any atom is 0.252 e. The Bertz CT molecular complexity index is 4300. The first-order valence-corrected chi connectivity index (χ1v) is 26.7. The lowest BCUT2D eigenvalue weighted by molar-refractivity contribution is 0.977. The molecule has 77 heavy (non-hydrogen) atoms. The van der Waals surface area contributed by atoms with Crippen LogP contribution in [0.15, 0.2) is 297 Å². The predicted molar refractivity (Wildman–Crippen MR) is 325 cm³/mol. The summed E-state index contributed by atoms with van der Waals surface area (Å²) in [6.07, 6.45) is 0. The van der Waals surface area contributed by atoms with E-state index in [0.29, 0.717) is 0 Å². The SMILES string of the molecule is c1ccc(-c2cccc(N3c4cc(C(c5ccccc5)c5ccccc5)ccc4B4c5ccc6c(c5N(c5cccc(-c7ccccc7)c5)c5cccc3c54)c3ccccc3n6-c3cccc(-c4ccccc4)c3)c2)cc1. The van der Waals surface area contributed by atoms with Gasteiger partial charge in [-0.25, -0.2) is 0 Å². The summed E-state index contributed by atoms with van der Waals surface area (Å²) >= 11 is 0. The van der Waals surface area contributed by atoms with Crippen molar-refractivity contribution >= 4 is 79.0 Å². The third kappa shape index (κ3) is 7.44. The van der Waals surface area contributed by atoms with Crippen LogP contribution in [0, 0.1) is 0 Å². The molecule has 0 fully saturated rings. The van der Waals surface area contributed by atoms with E-state index in [1.807, 2.05) is 0 Å². The molecule has 13 aromatic rings. The van der Waals surface area contributed by atoms with Crippen molar-refractivity contribution in [1.82, 2.24) is 4.57 Å². The van der Waals surface area contributed by atoms with Gasteiger partial charge in [-0.3, -0.25) is 0 Å². The summed E-state index contributed by atoms with van der Waals surface area (Å²) in [5.41, 5.74) is 25.2. The lowest BCUT2D eigenvalue weighted by Crippen LogP contribution is -2.61. The molecule has 4 heteroatoms. The van der Waals surface area contributed by atoms with Crippen molar-refractivity contribution in [2.24, 2.45) is 0 Å². The fourth-order valence-corrected chi connectivity index (χ4v) is 12.7. The first-order valence-electron chi connectivity index (χ1n) is 26.7. The van der Waals surface area contributed by atoms with Crippen LogP contribution in [0.2, 0.25) is 0 Å². The summed E-state index contributed by atoms with van der Waals surface area (Å²) in [5.74, 6) is 0.0186. The molecule has 0 radical (unpaired) electrons. The molecule has 1 aromatic heterocycles. The average Bonchev–Trinajstić information content (AvgIpc) is 4.07. The third-order valence-corrected chi connectivity index (χ3v) is 16.0. The fourth-order valence-electron chi connectivity index (χ4n) is 12.7. The quantitative estimate of drug-likeness (QED) is 0.105. The topological polar surface area (TPSA) is 11.4 Å². The van der Waals surface area contributed by atoms with E-state index in [0.717, 1.165) is 17.1 Å². The van der Waals surface area contributed by atoms with Gasteiger partial charge in [-0.05, 0) is 133 Å². The van der Waals surface area contributed by atoms with E-state index < -0.39 is 0 Å². The van der Waals surface area contributed by atoms with Gasteiger partial charge in [0.1, 0.15) is 0 Å². The third-order valence-electron chi connectivity index (χ3n) is 16.0. The van der Waals surface area contributed by atoms with E-state index in [9.17, 15) is 0 Å². The van der Waals surface area contributed by atoms with Gasteiger partial charge in [0.25, 0.3) is 6.71 Å².